The molecule has 0 atom stereocenters. The molecular formula is C12H17BrN2O2. The van der Waals surface area contributed by atoms with Gasteiger partial charge in [-0.05, 0) is 47.5 Å². The van der Waals surface area contributed by atoms with E-state index in [9.17, 15) is 4.79 Å². The predicted octanol–water partition coefficient (Wildman–Crippen LogP) is 2.19. The minimum atomic E-state index is -0.0952. The number of ether oxygens (including phenoxy) is 1. The summed E-state index contributed by atoms with van der Waals surface area (Å²) < 4.78 is 5.92. The van der Waals surface area contributed by atoms with Crippen LogP contribution in [0.2, 0.25) is 0 Å². The number of hydrogen-bond donors (Lipinski definition) is 2. The van der Waals surface area contributed by atoms with Crippen LogP contribution >= 0.6 is 15.9 Å². The highest BCUT2D eigenvalue weighted by Gasteiger charge is 2.06. The predicted molar refractivity (Wildman–Crippen MR) is 72.0 cm³/mol. The van der Waals surface area contributed by atoms with E-state index in [2.05, 4.69) is 21.2 Å². The number of nitrogens with one attached hydrogen (secondary N) is 1. The maximum absolute atomic E-state index is 11.7. The van der Waals surface area contributed by atoms with Crippen LogP contribution in [0.4, 0.5) is 5.69 Å². The van der Waals surface area contributed by atoms with Crippen LogP contribution in [0.25, 0.3) is 0 Å². The molecule has 0 aliphatic carbocycles. The van der Waals surface area contributed by atoms with Crippen LogP contribution in [0.5, 0.6) is 0 Å². The Balaban J connectivity index is 2.39. The third-order valence-corrected chi connectivity index (χ3v) is 2.90. The van der Waals surface area contributed by atoms with Crippen molar-refractivity contribution in [1.82, 2.24) is 5.32 Å². The zero-order valence-electron chi connectivity index (χ0n) is 9.83. The van der Waals surface area contributed by atoms with E-state index in [4.69, 9.17) is 10.5 Å². The monoisotopic (exact) mass is 300 g/mol. The van der Waals surface area contributed by atoms with Gasteiger partial charge in [0.05, 0.1) is 0 Å². The van der Waals surface area contributed by atoms with Crippen molar-refractivity contribution in [2.45, 2.75) is 13.3 Å². The van der Waals surface area contributed by atoms with Crippen molar-refractivity contribution < 1.29 is 9.53 Å². The zero-order chi connectivity index (χ0) is 12.7. The lowest BCUT2D eigenvalue weighted by molar-refractivity contribution is 0.0944. The molecule has 0 aliphatic heterocycles. The number of halogens is 1. The number of carbonyl (C=O) groups excluding carboxylic acids is 1. The van der Waals surface area contributed by atoms with Crippen molar-refractivity contribution in [2.24, 2.45) is 0 Å². The summed E-state index contributed by atoms with van der Waals surface area (Å²) in [4.78, 5) is 11.7. The topological polar surface area (TPSA) is 64.3 Å². The molecule has 0 fully saturated rings. The molecule has 4 nitrogen and oxygen atoms in total. The van der Waals surface area contributed by atoms with Gasteiger partial charge in [-0.15, -0.1) is 0 Å². The van der Waals surface area contributed by atoms with Crippen LogP contribution < -0.4 is 11.1 Å². The Morgan fingerprint density at radius 1 is 1.53 bits per heavy atom. The average molecular weight is 301 g/mol. The fourth-order valence-electron chi connectivity index (χ4n) is 1.29. The second-order valence-electron chi connectivity index (χ2n) is 3.54. The quantitative estimate of drug-likeness (QED) is 0.625. The van der Waals surface area contributed by atoms with Gasteiger partial charge in [-0.2, -0.15) is 0 Å². The lowest BCUT2D eigenvalue weighted by Gasteiger charge is -2.06. The molecule has 5 heteroatoms. The highest BCUT2D eigenvalue weighted by Crippen LogP contribution is 2.20. The molecule has 0 spiro atoms. The fraction of sp³-hybridized carbons (Fsp3) is 0.417. The van der Waals surface area contributed by atoms with Crippen LogP contribution in [-0.4, -0.2) is 25.7 Å². The number of rotatable bonds is 6. The van der Waals surface area contributed by atoms with Crippen molar-refractivity contribution in [3.63, 3.8) is 0 Å². The van der Waals surface area contributed by atoms with Gasteiger partial charge in [0.15, 0.2) is 0 Å². The van der Waals surface area contributed by atoms with E-state index in [0.29, 0.717) is 31.0 Å². The first kappa shape index (κ1) is 14.0. The number of nitrogen functional groups attached to an aromatic ring is 1. The highest BCUT2D eigenvalue weighted by atomic mass is 79.9. The van der Waals surface area contributed by atoms with Gasteiger partial charge in [0.1, 0.15) is 0 Å². The van der Waals surface area contributed by atoms with Gasteiger partial charge in [-0.3, -0.25) is 4.79 Å². The van der Waals surface area contributed by atoms with E-state index in [-0.39, 0.29) is 5.91 Å². The van der Waals surface area contributed by atoms with Gasteiger partial charge in [0, 0.05) is 35.5 Å². The van der Waals surface area contributed by atoms with Gasteiger partial charge in [-0.1, -0.05) is 0 Å². The third kappa shape index (κ3) is 4.75. The van der Waals surface area contributed by atoms with Gasteiger partial charge in [-0.25, -0.2) is 0 Å². The van der Waals surface area contributed by atoms with Gasteiger partial charge >= 0.3 is 0 Å². The van der Waals surface area contributed by atoms with Crippen LogP contribution in [0, 0.1) is 0 Å². The molecule has 0 aromatic heterocycles. The lowest BCUT2D eigenvalue weighted by Crippen LogP contribution is -2.25. The minimum Gasteiger partial charge on any atom is -0.398 e. The first-order valence-electron chi connectivity index (χ1n) is 5.56. The summed E-state index contributed by atoms with van der Waals surface area (Å²) in [6, 6.07) is 5.13. The number of hydrogen-bond acceptors (Lipinski definition) is 3. The molecule has 0 radical (unpaired) electrons. The molecule has 0 unspecified atom stereocenters. The Hall–Kier alpha value is -1.07. The van der Waals surface area contributed by atoms with E-state index in [1.165, 1.54) is 0 Å². The Bertz CT molecular complexity index is 383. The highest BCUT2D eigenvalue weighted by molar-refractivity contribution is 9.10. The summed E-state index contributed by atoms with van der Waals surface area (Å²) in [5.41, 5.74) is 6.87. The molecule has 0 heterocycles. The second kappa shape index (κ2) is 7.29. The number of nitrogens with two attached hydrogens (primary N) is 1. The van der Waals surface area contributed by atoms with Crippen molar-refractivity contribution in [3.8, 4) is 0 Å². The molecule has 0 saturated heterocycles. The van der Waals surface area contributed by atoms with E-state index in [1.54, 1.807) is 18.2 Å². The van der Waals surface area contributed by atoms with E-state index < -0.39 is 0 Å². The Morgan fingerprint density at radius 2 is 2.29 bits per heavy atom. The maximum Gasteiger partial charge on any atom is 0.251 e. The molecule has 1 aromatic rings. The number of carbonyl (C=O) groups is 1. The smallest absolute Gasteiger partial charge is 0.251 e. The molecule has 0 saturated carbocycles. The minimum absolute atomic E-state index is 0.0952. The first-order chi connectivity index (χ1) is 8.15. The second-order valence-corrected chi connectivity index (χ2v) is 4.40. The molecule has 0 bridgehead atoms. The van der Waals surface area contributed by atoms with Crippen LogP contribution in [0.15, 0.2) is 22.7 Å². The standard InChI is InChI=1S/C12H17BrN2O2/c1-2-17-7-3-6-15-12(16)9-4-5-11(14)10(13)8-9/h4-5,8H,2-3,6-7,14H2,1H3,(H,15,16). The van der Waals surface area contributed by atoms with Crippen LogP contribution in [0.3, 0.4) is 0 Å². The maximum atomic E-state index is 11.7. The van der Waals surface area contributed by atoms with Gasteiger partial charge < -0.3 is 15.8 Å². The first-order valence-corrected chi connectivity index (χ1v) is 6.35. The number of amides is 1. The Morgan fingerprint density at radius 3 is 2.94 bits per heavy atom. The molecule has 17 heavy (non-hydrogen) atoms. The Labute approximate surface area is 110 Å². The van der Waals surface area contributed by atoms with Crippen molar-refractivity contribution in [2.75, 3.05) is 25.5 Å². The van der Waals surface area contributed by atoms with E-state index >= 15 is 0 Å². The summed E-state index contributed by atoms with van der Waals surface area (Å²) in [5.74, 6) is -0.0952. The molecule has 1 amide bonds. The number of anilines is 1. The number of benzene rings is 1. The van der Waals surface area contributed by atoms with E-state index in [0.717, 1.165) is 10.9 Å². The molecular weight excluding hydrogens is 284 g/mol. The fourth-order valence-corrected chi connectivity index (χ4v) is 1.67. The molecule has 1 rings (SSSR count). The summed E-state index contributed by atoms with van der Waals surface area (Å²) in [5, 5.41) is 2.82. The largest absolute Gasteiger partial charge is 0.398 e. The van der Waals surface area contributed by atoms with Gasteiger partial charge in [0.25, 0.3) is 5.91 Å². The zero-order valence-corrected chi connectivity index (χ0v) is 11.4. The lowest BCUT2D eigenvalue weighted by atomic mass is 10.2. The van der Waals surface area contributed by atoms with Crippen molar-refractivity contribution >= 4 is 27.5 Å². The average Bonchev–Trinajstić information content (AvgIpc) is 2.32. The van der Waals surface area contributed by atoms with Crippen LogP contribution in [0.1, 0.15) is 23.7 Å². The Kier molecular flexibility index (Phi) is 6.00. The molecule has 3 N–H and O–H groups in total. The summed E-state index contributed by atoms with van der Waals surface area (Å²) >= 11 is 3.29. The molecule has 1 aromatic carbocycles. The summed E-state index contributed by atoms with van der Waals surface area (Å²) in [6.45, 7) is 3.94. The summed E-state index contributed by atoms with van der Waals surface area (Å²) in [6.07, 6.45) is 0.815. The SMILES string of the molecule is CCOCCCNC(=O)c1ccc(N)c(Br)c1. The normalized spacial score (nSPS) is 10.2. The third-order valence-electron chi connectivity index (χ3n) is 2.22. The summed E-state index contributed by atoms with van der Waals surface area (Å²) in [7, 11) is 0. The van der Waals surface area contributed by atoms with Crippen LogP contribution in [-0.2, 0) is 4.74 Å². The van der Waals surface area contributed by atoms with Gasteiger partial charge in [0.2, 0.25) is 0 Å². The van der Waals surface area contributed by atoms with Crippen molar-refractivity contribution in [1.29, 1.82) is 0 Å². The molecule has 0 aliphatic rings. The van der Waals surface area contributed by atoms with Crippen molar-refractivity contribution in [3.05, 3.63) is 28.2 Å². The van der Waals surface area contributed by atoms with E-state index in [1.807, 2.05) is 6.92 Å². The molecule has 94 valence electrons.